The van der Waals surface area contributed by atoms with E-state index in [1.807, 2.05) is 0 Å². The Bertz CT molecular complexity index is 3220. The van der Waals surface area contributed by atoms with Gasteiger partial charge in [0.15, 0.2) is 0 Å². The number of para-hydroxylation sites is 5. The van der Waals surface area contributed by atoms with Gasteiger partial charge in [0.25, 0.3) is 0 Å². The van der Waals surface area contributed by atoms with Gasteiger partial charge in [-0.3, -0.25) is 4.40 Å². The van der Waals surface area contributed by atoms with Gasteiger partial charge in [0.1, 0.15) is 5.65 Å². The molecule has 5 aromatic heterocycles. The highest BCUT2D eigenvalue weighted by atomic mass is 15.2. The molecular weight excluding hydrogens is 597 g/mol. The molecule has 0 radical (unpaired) electrons. The van der Waals surface area contributed by atoms with E-state index in [9.17, 15) is 0 Å². The van der Waals surface area contributed by atoms with Crippen LogP contribution in [0.4, 0.5) is 17.1 Å². The fourth-order valence-electron chi connectivity index (χ4n) is 8.91. The topological polar surface area (TPSA) is 24.9 Å². The fourth-order valence-corrected chi connectivity index (χ4v) is 8.91. The Kier molecular flexibility index (Phi) is 4.69. The fraction of sp³-hybridized carbons (Fsp3) is 0. The van der Waals surface area contributed by atoms with Gasteiger partial charge < -0.3 is 9.30 Å². The number of rotatable bonds is 3. The molecule has 5 heterocycles. The maximum Gasteiger partial charge on any atom is 0.146 e. The zero-order valence-corrected chi connectivity index (χ0v) is 26.3. The summed E-state index contributed by atoms with van der Waals surface area (Å²) in [6, 6.07) is 54.9. The first kappa shape index (κ1) is 25.4. The molecule has 4 heteroatoms. The van der Waals surface area contributed by atoms with E-state index in [1.165, 1.54) is 70.4 Å². The molecule has 0 atom stereocenters. The summed E-state index contributed by atoms with van der Waals surface area (Å²) >= 11 is 0. The zero-order valence-electron chi connectivity index (χ0n) is 26.3. The number of hydrogen-bond donors (Lipinski definition) is 0. The Balaban J connectivity index is 1.34. The van der Waals surface area contributed by atoms with Gasteiger partial charge in [-0.15, -0.1) is 0 Å². The van der Waals surface area contributed by atoms with Gasteiger partial charge in [-0.25, -0.2) is 4.98 Å². The lowest BCUT2D eigenvalue weighted by Gasteiger charge is -2.26. The van der Waals surface area contributed by atoms with Crippen LogP contribution in [0, 0.1) is 0 Å². The summed E-state index contributed by atoms with van der Waals surface area (Å²) in [5.41, 5.74) is 10.4. The molecule has 12 aromatic rings. The Morgan fingerprint density at radius 2 is 1.04 bits per heavy atom. The molecule has 226 valence electrons. The van der Waals surface area contributed by atoms with Gasteiger partial charge in [0.05, 0.1) is 39.5 Å². The van der Waals surface area contributed by atoms with Gasteiger partial charge >= 0.3 is 0 Å². The molecule has 7 aromatic carbocycles. The van der Waals surface area contributed by atoms with E-state index >= 15 is 0 Å². The first-order valence-electron chi connectivity index (χ1n) is 16.8. The normalized spacial score (nSPS) is 12.5. The molecule has 0 saturated carbocycles. The van der Waals surface area contributed by atoms with E-state index in [0.29, 0.717) is 0 Å². The lowest BCUT2D eigenvalue weighted by molar-refractivity contribution is 1.24. The van der Waals surface area contributed by atoms with E-state index in [1.54, 1.807) is 0 Å². The minimum atomic E-state index is 0.991. The molecule has 0 fully saturated rings. The minimum absolute atomic E-state index is 0.991. The van der Waals surface area contributed by atoms with Crippen molar-refractivity contribution < 1.29 is 0 Å². The largest absolute Gasteiger partial charge is 0.308 e. The highest BCUT2D eigenvalue weighted by Crippen LogP contribution is 2.50. The van der Waals surface area contributed by atoms with Gasteiger partial charge in [-0.2, -0.15) is 0 Å². The second kappa shape index (κ2) is 9.03. The SMILES string of the molecule is c1ccc(N(c2ccccc2)c2cccc3c4cc5ccccc5c5c6c7c8cccc9c%10ccccc%10n(c7cnc6n(c23)c45)c98)cc1. The number of hydrogen-bond acceptors (Lipinski definition) is 2. The Morgan fingerprint density at radius 3 is 1.84 bits per heavy atom. The third-order valence-electron chi connectivity index (χ3n) is 10.7. The molecule has 0 bridgehead atoms. The van der Waals surface area contributed by atoms with E-state index < -0.39 is 0 Å². The Labute approximate surface area is 279 Å². The van der Waals surface area contributed by atoms with Crippen LogP contribution in [0.2, 0.25) is 0 Å². The lowest BCUT2D eigenvalue weighted by Crippen LogP contribution is -2.10. The first-order valence-corrected chi connectivity index (χ1v) is 16.8. The van der Waals surface area contributed by atoms with Crippen molar-refractivity contribution in [1.29, 1.82) is 0 Å². The molecule has 4 nitrogen and oxygen atoms in total. The van der Waals surface area contributed by atoms with Crippen LogP contribution in [-0.2, 0) is 0 Å². The smallest absolute Gasteiger partial charge is 0.146 e. The Morgan fingerprint density at radius 1 is 0.408 bits per heavy atom. The second-order valence-corrected chi connectivity index (χ2v) is 13.2. The van der Waals surface area contributed by atoms with E-state index in [-0.39, 0.29) is 0 Å². The average Bonchev–Trinajstić information content (AvgIpc) is 3.89. The molecule has 49 heavy (non-hydrogen) atoms. The van der Waals surface area contributed by atoms with Crippen LogP contribution in [0.3, 0.4) is 0 Å². The van der Waals surface area contributed by atoms with E-state index in [0.717, 1.165) is 33.7 Å². The molecule has 0 aliphatic carbocycles. The van der Waals surface area contributed by atoms with E-state index in [4.69, 9.17) is 4.98 Å². The van der Waals surface area contributed by atoms with Crippen LogP contribution in [0.25, 0.3) is 87.1 Å². The maximum absolute atomic E-state index is 5.43. The molecule has 0 aliphatic heterocycles. The van der Waals surface area contributed by atoms with Crippen molar-refractivity contribution in [3.63, 3.8) is 0 Å². The standard InChI is InChI=1S/C45H26N4/c1-3-14-28(15-4-1)47(29-16-5-2-6-17-29)37-24-12-21-33-35-25-27-13-7-8-18-30(27)40-41-39-34-22-11-20-32-31-19-9-10-23-36(31)48(42(32)34)38(39)26-46-45(41)49(43(33)37)44(35)40/h1-26H. The highest BCUT2D eigenvalue weighted by molar-refractivity contribution is 6.39. The number of aromatic nitrogens is 3. The van der Waals surface area contributed by atoms with Crippen LogP contribution >= 0.6 is 0 Å². The second-order valence-electron chi connectivity index (χ2n) is 13.2. The molecule has 0 saturated heterocycles. The third kappa shape index (κ3) is 3.07. The summed E-state index contributed by atoms with van der Waals surface area (Å²) in [5.74, 6) is 0. The summed E-state index contributed by atoms with van der Waals surface area (Å²) in [6.07, 6.45) is 2.11. The van der Waals surface area contributed by atoms with Crippen molar-refractivity contribution in [3.8, 4) is 0 Å². The highest BCUT2D eigenvalue weighted by Gasteiger charge is 2.28. The van der Waals surface area contributed by atoms with Crippen molar-refractivity contribution >= 4 is 104 Å². The molecule has 0 N–H and O–H groups in total. The van der Waals surface area contributed by atoms with Crippen LogP contribution in [0.1, 0.15) is 0 Å². The summed E-state index contributed by atoms with van der Waals surface area (Å²) in [5, 5.41) is 12.6. The van der Waals surface area contributed by atoms with Crippen molar-refractivity contribution in [3.05, 3.63) is 158 Å². The monoisotopic (exact) mass is 622 g/mol. The summed E-state index contributed by atoms with van der Waals surface area (Å²) in [6.45, 7) is 0. The number of nitrogens with zero attached hydrogens (tertiary/aromatic N) is 4. The van der Waals surface area contributed by atoms with Crippen molar-refractivity contribution in [2.45, 2.75) is 0 Å². The molecule has 12 rings (SSSR count). The Hall–Kier alpha value is -6.65. The quantitative estimate of drug-likeness (QED) is 0.196. The van der Waals surface area contributed by atoms with Crippen LogP contribution in [0.15, 0.2) is 158 Å². The molecule has 0 amide bonds. The summed E-state index contributed by atoms with van der Waals surface area (Å²) in [4.78, 5) is 7.81. The number of fused-ring (bicyclic) bond motifs is 15. The predicted molar refractivity (Wildman–Crippen MR) is 206 cm³/mol. The maximum atomic E-state index is 5.43. The summed E-state index contributed by atoms with van der Waals surface area (Å²) in [7, 11) is 0. The minimum Gasteiger partial charge on any atom is -0.308 e. The van der Waals surface area contributed by atoms with Crippen LogP contribution in [-0.4, -0.2) is 13.8 Å². The van der Waals surface area contributed by atoms with Gasteiger partial charge in [-0.1, -0.05) is 109 Å². The number of anilines is 3. The van der Waals surface area contributed by atoms with Crippen molar-refractivity contribution in [2.24, 2.45) is 0 Å². The molecule has 0 spiro atoms. The number of benzene rings is 7. The first-order chi connectivity index (χ1) is 24.4. The van der Waals surface area contributed by atoms with Gasteiger partial charge in [-0.05, 0) is 53.2 Å². The molecule has 0 aliphatic rings. The van der Waals surface area contributed by atoms with Crippen LogP contribution in [0.5, 0.6) is 0 Å². The average molecular weight is 623 g/mol. The van der Waals surface area contributed by atoms with Crippen molar-refractivity contribution in [2.75, 3.05) is 4.90 Å². The zero-order chi connectivity index (χ0) is 31.8. The summed E-state index contributed by atoms with van der Waals surface area (Å²) < 4.78 is 4.90. The predicted octanol–water partition coefficient (Wildman–Crippen LogP) is 12.0. The van der Waals surface area contributed by atoms with E-state index in [2.05, 4.69) is 172 Å². The van der Waals surface area contributed by atoms with Gasteiger partial charge in [0.2, 0.25) is 0 Å². The lowest BCUT2D eigenvalue weighted by atomic mass is 9.98. The van der Waals surface area contributed by atoms with Crippen molar-refractivity contribution in [1.82, 2.24) is 13.8 Å². The molecular formula is C45H26N4. The number of pyridine rings is 1. The molecule has 0 unspecified atom stereocenters. The third-order valence-corrected chi connectivity index (χ3v) is 10.7. The van der Waals surface area contributed by atoms with Crippen LogP contribution < -0.4 is 4.90 Å². The van der Waals surface area contributed by atoms with Gasteiger partial charge in [0, 0.05) is 54.5 Å².